The van der Waals surface area contributed by atoms with Crippen LogP contribution in [0.1, 0.15) is 25.1 Å². The standard InChI is InChI=1S/C14H27N5/c1-11-12(13(15-4)18(6)16-11)9-19-8-7-17(5)14(2,3)10-19/h15H,7-10H2,1-6H3. The lowest BCUT2D eigenvalue weighted by Crippen LogP contribution is -2.57. The molecule has 0 amide bonds. The van der Waals surface area contributed by atoms with Crippen molar-refractivity contribution >= 4 is 5.82 Å². The fourth-order valence-electron chi connectivity index (χ4n) is 2.90. The summed E-state index contributed by atoms with van der Waals surface area (Å²) >= 11 is 0. The van der Waals surface area contributed by atoms with Crippen LogP contribution in [0.4, 0.5) is 5.82 Å². The molecule has 108 valence electrons. The van der Waals surface area contributed by atoms with Crippen LogP contribution in [0.3, 0.4) is 0 Å². The number of anilines is 1. The van der Waals surface area contributed by atoms with E-state index in [1.165, 1.54) is 5.56 Å². The Balaban J connectivity index is 2.14. The van der Waals surface area contributed by atoms with Crippen LogP contribution in [-0.4, -0.2) is 58.8 Å². The monoisotopic (exact) mass is 265 g/mol. The van der Waals surface area contributed by atoms with Gasteiger partial charge in [0.1, 0.15) is 5.82 Å². The van der Waals surface area contributed by atoms with Gasteiger partial charge in [0.15, 0.2) is 0 Å². The first-order valence-electron chi connectivity index (χ1n) is 6.99. The molecule has 0 radical (unpaired) electrons. The van der Waals surface area contributed by atoms with Gasteiger partial charge >= 0.3 is 0 Å². The van der Waals surface area contributed by atoms with Crippen molar-refractivity contribution in [3.63, 3.8) is 0 Å². The van der Waals surface area contributed by atoms with Crippen LogP contribution in [0.15, 0.2) is 0 Å². The van der Waals surface area contributed by atoms with E-state index < -0.39 is 0 Å². The average molecular weight is 265 g/mol. The van der Waals surface area contributed by atoms with E-state index in [-0.39, 0.29) is 5.54 Å². The minimum absolute atomic E-state index is 0.244. The van der Waals surface area contributed by atoms with Gasteiger partial charge in [0.25, 0.3) is 0 Å². The number of hydrogen-bond acceptors (Lipinski definition) is 4. The molecule has 1 saturated heterocycles. The van der Waals surface area contributed by atoms with Crippen molar-refractivity contribution in [1.82, 2.24) is 19.6 Å². The number of nitrogens with zero attached hydrogens (tertiary/aromatic N) is 4. The molecule has 2 heterocycles. The second-order valence-electron chi connectivity index (χ2n) is 6.23. The molecule has 0 aromatic carbocycles. The van der Waals surface area contributed by atoms with Gasteiger partial charge in [-0.2, -0.15) is 5.10 Å². The summed E-state index contributed by atoms with van der Waals surface area (Å²) in [5.41, 5.74) is 2.70. The van der Waals surface area contributed by atoms with Gasteiger partial charge in [-0.3, -0.25) is 14.5 Å². The zero-order chi connectivity index (χ0) is 14.2. The maximum atomic E-state index is 4.52. The second kappa shape index (κ2) is 5.13. The highest BCUT2D eigenvalue weighted by Crippen LogP contribution is 2.24. The number of likely N-dealkylation sites (N-methyl/N-ethyl adjacent to an activating group) is 1. The molecule has 1 aromatic rings. The molecule has 0 aliphatic carbocycles. The summed E-state index contributed by atoms with van der Waals surface area (Å²) in [5, 5.41) is 7.78. The number of piperazine rings is 1. The smallest absolute Gasteiger partial charge is 0.128 e. The fraction of sp³-hybridized carbons (Fsp3) is 0.786. The SMILES string of the molecule is CNc1c(CN2CCN(C)C(C)(C)C2)c(C)nn1C. The van der Waals surface area contributed by atoms with E-state index in [0.717, 1.165) is 37.7 Å². The van der Waals surface area contributed by atoms with Crippen molar-refractivity contribution in [3.05, 3.63) is 11.3 Å². The maximum absolute atomic E-state index is 4.52. The van der Waals surface area contributed by atoms with Crippen molar-refractivity contribution in [1.29, 1.82) is 0 Å². The highest BCUT2D eigenvalue weighted by Gasteiger charge is 2.31. The van der Waals surface area contributed by atoms with Crippen LogP contribution in [0.5, 0.6) is 0 Å². The number of rotatable bonds is 3. The van der Waals surface area contributed by atoms with Crippen molar-refractivity contribution in [2.45, 2.75) is 32.9 Å². The minimum atomic E-state index is 0.244. The van der Waals surface area contributed by atoms with Crippen molar-refractivity contribution < 1.29 is 0 Å². The first-order valence-corrected chi connectivity index (χ1v) is 6.99. The Bertz CT molecular complexity index is 449. The second-order valence-corrected chi connectivity index (χ2v) is 6.23. The number of hydrogen-bond donors (Lipinski definition) is 1. The molecule has 0 spiro atoms. The molecule has 1 fully saturated rings. The zero-order valence-electron chi connectivity index (χ0n) is 13.1. The van der Waals surface area contributed by atoms with Gasteiger partial charge in [0.2, 0.25) is 0 Å². The summed E-state index contributed by atoms with van der Waals surface area (Å²) in [4.78, 5) is 4.98. The van der Waals surface area contributed by atoms with Crippen molar-refractivity contribution in [2.24, 2.45) is 7.05 Å². The predicted molar refractivity (Wildman–Crippen MR) is 79.5 cm³/mol. The van der Waals surface area contributed by atoms with E-state index in [9.17, 15) is 0 Å². The molecule has 2 rings (SSSR count). The molecule has 19 heavy (non-hydrogen) atoms. The normalized spacial score (nSPS) is 20.7. The Morgan fingerprint density at radius 2 is 1.95 bits per heavy atom. The predicted octanol–water partition coefficient (Wildman–Crippen LogP) is 1.30. The highest BCUT2D eigenvalue weighted by atomic mass is 15.3. The van der Waals surface area contributed by atoms with Gasteiger partial charge in [-0.15, -0.1) is 0 Å². The van der Waals surface area contributed by atoms with Gasteiger partial charge in [-0.05, 0) is 27.8 Å². The zero-order valence-corrected chi connectivity index (χ0v) is 13.1. The summed E-state index contributed by atoms with van der Waals surface area (Å²) in [6.45, 7) is 11.0. The Kier molecular flexibility index (Phi) is 3.87. The molecule has 1 N–H and O–H groups in total. The largest absolute Gasteiger partial charge is 0.373 e. The lowest BCUT2D eigenvalue weighted by molar-refractivity contribution is 0.0360. The molecule has 5 heteroatoms. The van der Waals surface area contributed by atoms with Crippen LogP contribution in [0, 0.1) is 6.92 Å². The molecule has 1 aromatic heterocycles. The molecular weight excluding hydrogens is 238 g/mol. The third-order valence-electron chi connectivity index (χ3n) is 4.36. The van der Waals surface area contributed by atoms with Crippen LogP contribution in [0.25, 0.3) is 0 Å². The molecule has 0 atom stereocenters. The third-order valence-corrected chi connectivity index (χ3v) is 4.36. The average Bonchev–Trinajstić information content (AvgIpc) is 2.58. The first-order chi connectivity index (χ1) is 8.85. The van der Waals surface area contributed by atoms with Crippen LogP contribution in [-0.2, 0) is 13.6 Å². The van der Waals surface area contributed by atoms with Gasteiger partial charge in [-0.25, -0.2) is 0 Å². The third kappa shape index (κ3) is 2.77. The molecule has 0 bridgehead atoms. The highest BCUT2D eigenvalue weighted by molar-refractivity contribution is 5.46. The Morgan fingerprint density at radius 1 is 1.26 bits per heavy atom. The fourth-order valence-corrected chi connectivity index (χ4v) is 2.90. The Hall–Kier alpha value is -1.07. The summed E-state index contributed by atoms with van der Waals surface area (Å²) in [6.07, 6.45) is 0. The van der Waals surface area contributed by atoms with Gasteiger partial charge < -0.3 is 5.32 Å². The van der Waals surface area contributed by atoms with Crippen molar-refractivity contribution in [2.75, 3.05) is 39.0 Å². The number of aryl methyl sites for hydroxylation is 2. The molecular formula is C14H27N5. The molecule has 0 saturated carbocycles. The summed E-state index contributed by atoms with van der Waals surface area (Å²) in [6, 6.07) is 0. The number of aromatic nitrogens is 2. The van der Waals surface area contributed by atoms with E-state index >= 15 is 0 Å². The minimum Gasteiger partial charge on any atom is -0.373 e. The lowest BCUT2D eigenvalue weighted by Gasteiger charge is -2.45. The number of nitrogens with one attached hydrogen (secondary N) is 1. The van der Waals surface area contributed by atoms with Gasteiger partial charge in [0.05, 0.1) is 5.69 Å². The van der Waals surface area contributed by atoms with Crippen LogP contribution < -0.4 is 5.32 Å². The molecule has 1 aliphatic rings. The van der Waals surface area contributed by atoms with E-state index in [1.54, 1.807) is 0 Å². The van der Waals surface area contributed by atoms with Crippen molar-refractivity contribution in [3.8, 4) is 0 Å². The van der Waals surface area contributed by atoms with Gasteiger partial charge in [-0.1, -0.05) is 0 Å². The van der Waals surface area contributed by atoms with E-state index in [2.05, 4.69) is 48.0 Å². The summed E-state index contributed by atoms with van der Waals surface area (Å²) < 4.78 is 1.94. The van der Waals surface area contributed by atoms with Crippen LogP contribution in [0.2, 0.25) is 0 Å². The van der Waals surface area contributed by atoms with Crippen LogP contribution >= 0.6 is 0 Å². The first kappa shape index (κ1) is 14.3. The summed E-state index contributed by atoms with van der Waals surface area (Å²) in [7, 11) is 6.18. The summed E-state index contributed by atoms with van der Waals surface area (Å²) in [5.74, 6) is 1.13. The lowest BCUT2D eigenvalue weighted by atomic mass is 9.99. The van der Waals surface area contributed by atoms with E-state index in [0.29, 0.717) is 0 Å². The Labute approximate surface area is 116 Å². The van der Waals surface area contributed by atoms with E-state index in [1.807, 2.05) is 18.8 Å². The van der Waals surface area contributed by atoms with Gasteiger partial charge in [0, 0.05) is 51.4 Å². The molecule has 5 nitrogen and oxygen atoms in total. The maximum Gasteiger partial charge on any atom is 0.128 e. The topological polar surface area (TPSA) is 36.3 Å². The van der Waals surface area contributed by atoms with E-state index in [4.69, 9.17) is 0 Å². The quantitative estimate of drug-likeness (QED) is 0.893. The Morgan fingerprint density at radius 3 is 2.53 bits per heavy atom. The molecule has 0 unspecified atom stereocenters. The molecule has 1 aliphatic heterocycles.